The van der Waals surface area contributed by atoms with E-state index in [2.05, 4.69) is 60.5 Å². The summed E-state index contributed by atoms with van der Waals surface area (Å²) in [4.78, 5) is 18.9. The Kier molecular flexibility index (Phi) is 11.7. The minimum Gasteiger partial charge on any atom is -0.444 e. The van der Waals surface area contributed by atoms with Gasteiger partial charge in [-0.1, -0.05) is 20.8 Å². The standard InChI is InChI=1S/C20H41N5O2.HI/c1-13(2)16(24-19(26)27-20(6,7)8)10-22-18(21-9)23-17-12-25(14(3)4)11-15(17)5;/h13-17H,10-12H2,1-9H3,(H,24,26)(H2,21,22,23);1H. The largest absolute Gasteiger partial charge is 0.444 e. The molecule has 0 aromatic carbocycles. The Morgan fingerprint density at radius 1 is 1.21 bits per heavy atom. The van der Waals surface area contributed by atoms with Crippen LogP contribution < -0.4 is 16.0 Å². The van der Waals surface area contributed by atoms with Gasteiger partial charge in [-0.05, 0) is 46.5 Å². The number of ether oxygens (including phenoxy) is 1. The Morgan fingerprint density at radius 2 is 1.82 bits per heavy atom. The Balaban J connectivity index is 0.00000729. The number of hydrogen-bond donors (Lipinski definition) is 3. The van der Waals surface area contributed by atoms with Crippen molar-refractivity contribution >= 4 is 36.0 Å². The molecule has 1 aliphatic heterocycles. The summed E-state index contributed by atoms with van der Waals surface area (Å²) in [7, 11) is 1.78. The number of amides is 1. The van der Waals surface area contributed by atoms with Gasteiger partial charge in [0, 0.05) is 38.8 Å². The Hall–Kier alpha value is -0.770. The van der Waals surface area contributed by atoms with Crippen molar-refractivity contribution < 1.29 is 9.53 Å². The highest BCUT2D eigenvalue weighted by Crippen LogP contribution is 2.18. The van der Waals surface area contributed by atoms with Crippen molar-refractivity contribution in [2.75, 3.05) is 26.7 Å². The molecule has 0 aromatic rings. The van der Waals surface area contributed by atoms with Crippen LogP contribution in [-0.4, -0.2) is 67.4 Å². The van der Waals surface area contributed by atoms with Crippen molar-refractivity contribution in [2.45, 2.75) is 79.1 Å². The summed E-state index contributed by atoms with van der Waals surface area (Å²) in [6, 6.07) is 0.874. The lowest BCUT2D eigenvalue weighted by Crippen LogP contribution is -2.52. The van der Waals surface area contributed by atoms with E-state index in [4.69, 9.17) is 4.74 Å². The summed E-state index contributed by atoms with van der Waals surface area (Å²) in [5, 5.41) is 9.86. The van der Waals surface area contributed by atoms with Crippen LogP contribution in [0.4, 0.5) is 4.79 Å². The molecular weight excluding hydrogens is 469 g/mol. The smallest absolute Gasteiger partial charge is 0.407 e. The number of carbonyl (C=O) groups excluding carboxylic acids is 1. The Labute approximate surface area is 188 Å². The molecule has 1 saturated heterocycles. The topological polar surface area (TPSA) is 78.0 Å². The fourth-order valence-corrected chi connectivity index (χ4v) is 3.10. The highest BCUT2D eigenvalue weighted by atomic mass is 127. The third kappa shape index (κ3) is 9.62. The second kappa shape index (κ2) is 12.0. The van der Waals surface area contributed by atoms with Crippen molar-refractivity contribution in [3.8, 4) is 0 Å². The molecule has 0 aromatic heterocycles. The van der Waals surface area contributed by atoms with Gasteiger partial charge in [-0.25, -0.2) is 4.79 Å². The zero-order valence-electron chi connectivity index (χ0n) is 19.1. The molecule has 3 atom stereocenters. The van der Waals surface area contributed by atoms with Crippen molar-refractivity contribution in [2.24, 2.45) is 16.8 Å². The average Bonchev–Trinajstić information content (AvgIpc) is 2.89. The lowest BCUT2D eigenvalue weighted by molar-refractivity contribution is 0.0491. The molecule has 0 radical (unpaired) electrons. The van der Waals surface area contributed by atoms with Crippen molar-refractivity contribution in [3.05, 3.63) is 0 Å². The summed E-state index contributed by atoms with van der Waals surface area (Å²) in [5.74, 6) is 1.60. The predicted molar refractivity (Wildman–Crippen MR) is 128 cm³/mol. The third-order valence-corrected chi connectivity index (χ3v) is 4.91. The summed E-state index contributed by atoms with van der Waals surface area (Å²) in [5.41, 5.74) is -0.502. The number of carbonyl (C=O) groups is 1. The van der Waals surface area contributed by atoms with Crippen LogP contribution >= 0.6 is 24.0 Å². The second-order valence-corrected chi connectivity index (χ2v) is 9.23. The lowest BCUT2D eigenvalue weighted by Gasteiger charge is -2.27. The molecule has 7 nitrogen and oxygen atoms in total. The molecule has 1 rings (SSSR count). The Bertz CT molecular complexity index is 505. The van der Waals surface area contributed by atoms with Crippen LogP contribution in [0.25, 0.3) is 0 Å². The molecule has 1 heterocycles. The first-order valence-electron chi connectivity index (χ1n) is 10.1. The molecule has 0 aliphatic carbocycles. The van der Waals surface area contributed by atoms with Gasteiger partial charge < -0.3 is 20.7 Å². The first kappa shape index (κ1) is 27.2. The van der Waals surface area contributed by atoms with Crippen molar-refractivity contribution in [1.29, 1.82) is 0 Å². The SMILES string of the molecule is CN=C(NCC(NC(=O)OC(C)(C)C)C(C)C)NC1CN(C(C)C)CC1C.I. The molecule has 166 valence electrons. The number of guanidine groups is 1. The van der Waals surface area contributed by atoms with E-state index in [1.54, 1.807) is 7.05 Å². The number of alkyl carbamates (subject to hydrolysis) is 1. The maximum absolute atomic E-state index is 12.1. The van der Waals surface area contributed by atoms with Gasteiger partial charge in [0.05, 0.1) is 6.04 Å². The van der Waals surface area contributed by atoms with Gasteiger partial charge in [0.15, 0.2) is 5.96 Å². The molecule has 0 saturated carbocycles. The fraction of sp³-hybridized carbons (Fsp3) is 0.900. The molecule has 0 spiro atoms. The minimum atomic E-state index is -0.502. The van der Waals surface area contributed by atoms with Crippen LogP contribution in [0.2, 0.25) is 0 Å². The minimum absolute atomic E-state index is 0. The average molecular weight is 511 g/mol. The van der Waals surface area contributed by atoms with Crippen LogP contribution in [0.15, 0.2) is 4.99 Å². The maximum atomic E-state index is 12.1. The van der Waals surface area contributed by atoms with Crippen LogP contribution in [0.1, 0.15) is 55.4 Å². The molecule has 1 fully saturated rings. The van der Waals surface area contributed by atoms with Gasteiger partial charge in [-0.2, -0.15) is 0 Å². The molecular formula is C20H42IN5O2. The van der Waals surface area contributed by atoms with E-state index >= 15 is 0 Å². The maximum Gasteiger partial charge on any atom is 0.407 e. The highest BCUT2D eigenvalue weighted by Gasteiger charge is 2.31. The van der Waals surface area contributed by atoms with Gasteiger partial charge in [0.25, 0.3) is 0 Å². The number of aliphatic imine (C=N–C) groups is 1. The highest BCUT2D eigenvalue weighted by molar-refractivity contribution is 14.0. The Morgan fingerprint density at radius 3 is 2.25 bits per heavy atom. The molecule has 1 amide bonds. The van der Waals surface area contributed by atoms with E-state index in [0.29, 0.717) is 24.5 Å². The van der Waals surface area contributed by atoms with E-state index in [1.165, 1.54) is 0 Å². The van der Waals surface area contributed by atoms with Gasteiger partial charge in [-0.3, -0.25) is 9.89 Å². The summed E-state index contributed by atoms with van der Waals surface area (Å²) < 4.78 is 5.38. The van der Waals surface area contributed by atoms with Gasteiger partial charge in [-0.15, -0.1) is 24.0 Å². The van der Waals surface area contributed by atoms with Gasteiger partial charge >= 0.3 is 6.09 Å². The summed E-state index contributed by atoms with van der Waals surface area (Å²) >= 11 is 0. The number of likely N-dealkylation sites (tertiary alicyclic amines) is 1. The van der Waals surface area contributed by atoms with Crippen molar-refractivity contribution in [3.63, 3.8) is 0 Å². The summed E-state index contributed by atoms with van der Waals surface area (Å²) in [6.07, 6.45) is -0.386. The van der Waals surface area contributed by atoms with E-state index < -0.39 is 5.60 Å². The first-order valence-corrected chi connectivity index (χ1v) is 10.1. The molecule has 28 heavy (non-hydrogen) atoms. The van der Waals surface area contributed by atoms with Crippen LogP contribution in [0, 0.1) is 11.8 Å². The van der Waals surface area contributed by atoms with Crippen LogP contribution in [0.5, 0.6) is 0 Å². The zero-order valence-corrected chi connectivity index (χ0v) is 21.5. The zero-order chi connectivity index (χ0) is 20.8. The van der Waals surface area contributed by atoms with Gasteiger partial charge in [0.2, 0.25) is 0 Å². The van der Waals surface area contributed by atoms with Gasteiger partial charge in [0.1, 0.15) is 5.60 Å². The van der Waals surface area contributed by atoms with E-state index in [-0.39, 0.29) is 42.0 Å². The van der Waals surface area contributed by atoms with Crippen LogP contribution in [0.3, 0.4) is 0 Å². The molecule has 0 bridgehead atoms. The van der Waals surface area contributed by atoms with E-state index in [0.717, 1.165) is 19.0 Å². The first-order chi connectivity index (χ1) is 12.4. The number of hydrogen-bond acceptors (Lipinski definition) is 4. The fourth-order valence-electron chi connectivity index (χ4n) is 3.10. The van der Waals surface area contributed by atoms with Crippen molar-refractivity contribution in [1.82, 2.24) is 20.9 Å². The lowest BCUT2D eigenvalue weighted by atomic mass is 10.0. The molecule has 3 N–H and O–H groups in total. The van der Waals surface area contributed by atoms with Crippen LogP contribution in [-0.2, 0) is 4.74 Å². The number of nitrogens with zero attached hydrogens (tertiary/aromatic N) is 2. The normalized spacial score (nSPS) is 22.0. The third-order valence-electron chi connectivity index (χ3n) is 4.91. The number of rotatable bonds is 6. The van der Waals surface area contributed by atoms with E-state index in [9.17, 15) is 4.79 Å². The second-order valence-electron chi connectivity index (χ2n) is 9.23. The predicted octanol–water partition coefficient (Wildman–Crippen LogP) is 3.05. The molecule has 3 unspecified atom stereocenters. The molecule has 1 aliphatic rings. The summed E-state index contributed by atoms with van der Waals surface area (Å²) in [6.45, 7) is 19.2. The van der Waals surface area contributed by atoms with E-state index in [1.807, 2.05) is 20.8 Å². The number of nitrogens with one attached hydrogen (secondary N) is 3. The number of halogens is 1. The monoisotopic (exact) mass is 511 g/mol. The molecule has 8 heteroatoms. The quantitative estimate of drug-likeness (QED) is 0.290.